The van der Waals surface area contributed by atoms with E-state index in [1.54, 1.807) is 4.90 Å². The molecule has 2 fully saturated rings. The number of nitrogens with one attached hydrogen (secondary N) is 1. The Balaban J connectivity index is 1.56. The molecule has 0 spiro atoms. The smallest absolute Gasteiger partial charge is 0.247 e. The number of benzene rings is 2. The molecule has 0 aliphatic carbocycles. The van der Waals surface area contributed by atoms with Crippen LogP contribution in [0.15, 0.2) is 60.7 Å². The molecule has 2 heterocycles. The zero-order valence-corrected chi connectivity index (χ0v) is 17.4. The predicted molar refractivity (Wildman–Crippen MR) is 116 cm³/mol. The average molecular weight is 407 g/mol. The summed E-state index contributed by atoms with van der Waals surface area (Å²) in [5, 5.41) is 3.22. The van der Waals surface area contributed by atoms with Gasteiger partial charge in [0.25, 0.3) is 0 Å². The van der Waals surface area contributed by atoms with Gasteiger partial charge in [-0.1, -0.05) is 60.7 Å². The van der Waals surface area contributed by atoms with Gasteiger partial charge in [-0.05, 0) is 36.8 Å². The lowest BCUT2D eigenvalue weighted by atomic mass is 9.74. The SMILES string of the molecule is O=C(NCC1(c2ccccc2)CCOCC1)C(c1ccccc1)N1CCCCC1=O. The van der Waals surface area contributed by atoms with Crippen LogP contribution in [0.3, 0.4) is 0 Å². The van der Waals surface area contributed by atoms with Gasteiger partial charge in [0.05, 0.1) is 0 Å². The third-order valence-electron chi connectivity index (χ3n) is 6.47. The summed E-state index contributed by atoms with van der Waals surface area (Å²) in [6.07, 6.45) is 4.09. The number of hydrogen-bond donors (Lipinski definition) is 1. The molecule has 2 saturated heterocycles. The summed E-state index contributed by atoms with van der Waals surface area (Å²) < 4.78 is 5.61. The van der Waals surface area contributed by atoms with Crippen LogP contribution in [0, 0.1) is 0 Å². The standard InChI is InChI=1S/C25H30N2O3/c28-22-13-7-8-16-27(22)23(20-9-3-1-4-10-20)24(29)26-19-25(14-17-30-18-15-25)21-11-5-2-6-12-21/h1-6,9-12,23H,7-8,13-19H2,(H,26,29). The van der Waals surface area contributed by atoms with Crippen molar-refractivity contribution in [2.24, 2.45) is 0 Å². The first kappa shape index (κ1) is 20.6. The minimum Gasteiger partial charge on any atom is -0.381 e. The molecule has 1 N–H and O–H groups in total. The molecule has 0 bridgehead atoms. The van der Waals surface area contributed by atoms with Gasteiger partial charge >= 0.3 is 0 Å². The molecular formula is C25H30N2O3. The lowest BCUT2D eigenvalue weighted by Crippen LogP contribution is -2.50. The summed E-state index contributed by atoms with van der Waals surface area (Å²) in [7, 11) is 0. The van der Waals surface area contributed by atoms with Crippen LogP contribution >= 0.6 is 0 Å². The summed E-state index contributed by atoms with van der Waals surface area (Å²) in [5.74, 6) is -0.0349. The molecule has 2 aliphatic heterocycles. The molecule has 5 heteroatoms. The first-order chi connectivity index (χ1) is 14.7. The van der Waals surface area contributed by atoms with Gasteiger partial charge in [0.15, 0.2) is 0 Å². The molecule has 0 radical (unpaired) electrons. The van der Waals surface area contributed by atoms with Crippen molar-refractivity contribution in [2.75, 3.05) is 26.3 Å². The number of carbonyl (C=O) groups is 2. The lowest BCUT2D eigenvalue weighted by molar-refractivity contribution is -0.143. The average Bonchev–Trinajstić information content (AvgIpc) is 2.81. The van der Waals surface area contributed by atoms with Crippen LogP contribution in [-0.4, -0.2) is 43.0 Å². The lowest BCUT2D eigenvalue weighted by Gasteiger charge is -2.39. The maximum atomic E-state index is 13.5. The molecule has 0 aromatic heterocycles. The van der Waals surface area contributed by atoms with E-state index in [4.69, 9.17) is 4.74 Å². The van der Waals surface area contributed by atoms with Gasteiger partial charge in [-0.2, -0.15) is 0 Å². The van der Waals surface area contributed by atoms with Crippen LogP contribution in [0.4, 0.5) is 0 Å². The van der Waals surface area contributed by atoms with Gasteiger partial charge in [0.1, 0.15) is 6.04 Å². The van der Waals surface area contributed by atoms with E-state index in [0.717, 1.165) is 31.2 Å². The Morgan fingerprint density at radius 3 is 2.33 bits per heavy atom. The maximum absolute atomic E-state index is 13.5. The highest BCUT2D eigenvalue weighted by molar-refractivity contribution is 5.89. The summed E-state index contributed by atoms with van der Waals surface area (Å²) in [6.45, 7) is 2.56. The van der Waals surface area contributed by atoms with Crippen LogP contribution in [0.5, 0.6) is 0 Å². The monoisotopic (exact) mass is 406 g/mol. The molecule has 4 rings (SSSR count). The van der Waals surface area contributed by atoms with Crippen molar-refractivity contribution in [1.82, 2.24) is 10.2 Å². The molecule has 2 amide bonds. The van der Waals surface area contributed by atoms with E-state index in [1.165, 1.54) is 5.56 Å². The summed E-state index contributed by atoms with van der Waals surface area (Å²) in [5.41, 5.74) is 1.97. The number of amides is 2. The highest BCUT2D eigenvalue weighted by atomic mass is 16.5. The Hall–Kier alpha value is -2.66. The van der Waals surface area contributed by atoms with E-state index < -0.39 is 6.04 Å². The zero-order chi connectivity index (χ0) is 20.8. The molecule has 2 aliphatic rings. The Bertz CT molecular complexity index is 847. The number of hydrogen-bond acceptors (Lipinski definition) is 3. The van der Waals surface area contributed by atoms with Crippen LogP contribution in [0.2, 0.25) is 0 Å². The van der Waals surface area contributed by atoms with Crippen molar-refractivity contribution in [2.45, 2.75) is 43.6 Å². The van der Waals surface area contributed by atoms with E-state index in [-0.39, 0.29) is 17.2 Å². The number of ether oxygens (including phenoxy) is 1. The van der Waals surface area contributed by atoms with Crippen LogP contribution in [0.25, 0.3) is 0 Å². The van der Waals surface area contributed by atoms with Crippen molar-refractivity contribution in [3.8, 4) is 0 Å². The third kappa shape index (κ3) is 4.41. The minimum absolute atomic E-state index is 0.0640. The zero-order valence-electron chi connectivity index (χ0n) is 17.4. The summed E-state index contributed by atoms with van der Waals surface area (Å²) in [6, 6.07) is 19.5. The number of likely N-dealkylation sites (tertiary alicyclic amines) is 1. The normalized spacial score (nSPS) is 19.9. The largest absolute Gasteiger partial charge is 0.381 e. The topological polar surface area (TPSA) is 58.6 Å². The van der Waals surface area contributed by atoms with Gasteiger partial charge in [-0.25, -0.2) is 0 Å². The highest BCUT2D eigenvalue weighted by Gasteiger charge is 2.37. The van der Waals surface area contributed by atoms with E-state index >= 15 is 0 Å². The highest BCUT2D eigenvalue weighted by Crippen LogP contribution is 2.34. The maximum Gasteiger partial charge on any atom is 0.247 e. The van der Waals surface area contributed by atoms with Crippen molar-refractivity contribution >= 4 is 11.8 Å². The Labute approximate surface area is 178 Å². The van der Waals surface area contributed by atoms with Crippen LogP contribution in [-0.2, 0) is 19.7 Å². The van der Waals surface area contributed by atoms with Gasteiger partial charge in [0.2, 0.25) is 11.8 Å². The molecule has 1 atom stereocenters. The van der Waals surface area contributed by atoms with Crippen molar-refractivity contribution in [3.05, 3.63) is 71.8 Å². The van der Waals surface area contributed by atoms with Gasteiger partial charge < -0.3 is 15.0 Å². The van der Waals surface area contributed by atoms with Gasteiger partial charge in [0, 0.05) is 38.1 Å². The number of nitrogens with zero attached hydrogens (tertiary/aromatic N) is 1. The molecular weight excluding hydrogens is 376 g/mol. The van der Waals surface area contributed by atoms with Crippen LogP contribution in [0.1, 0.15) is 49.3 Å². The van der Waals surface area contributed by atoms with Crippen LogP contribution < -0.4 is 5.32 Å². The number of piperidine rings is 1. The first-order valence-corrected chi connectivity index (χ1v) is 11.0. The quantitative estimate of drug-likeness (QED) is 0.797. The molecule has 0 saturated carbocycles. The Kier molecular flexibility index (Phi) is 6.48. The second kappa shape index (κ2) is 9.43. The molecule has 158 valence electrons. The second-order valence-electron chi connectivity index (χ2n) is 8.33. The molecule has 2 aromatic carbocycles. The molecule has 2 aromatic rings. The fourth-order valence-electron chi connectivity index (χ4n) is 4.68. The first-order valence-electron chi connectivity index (χ1n) is 11.0. The van der Waals surface area contributed by atoms with E-state index in [1.807, 2.05) is 48.5 Å². The molecule has 30 heavy (non-hydrogen) atoms. The van der Waals surface area contributed by atoms with Gasteiger partial charge in [-0.3, -0.25) is 9.59 Å². The summed E-state index contributed by atoms with van der Waals surface area (Å²) >= 11 is 0. The number of carbonyl (C=O) groups excluding carboxylic acids is 2. The number of rotatable bonds is 6. The van der Waals surface area contributed by atoms with E-state index in [9.17, 15) is 9.59 Å². The fraction of sp³-hybridized carbons (Fsp3) is 0.440. The van der Waals surface area contributed by atoms with Gasteiger partial charge in [-0.15, -0.1) is 0 Å². The van der Waals surface area contributed by atoms with E-state index in [2.05, 4.69) is 17.4 Å². The molecule has 1 unspecified atom stereocenters. The minimum atomic E-state index is -0.577. The fourth-order valence-corrected chi connectivity index (χ4v) is 4.68. The van der Waals surface area contributed by atoms with Crippen molar-refractivity contribution < 1.29 is 14.3 Å². The Morgan fingerprint density at radius 1 is 1.00 bits per heavy atom. The van der Waals surface area contributed by atoms with Crippen molar-refractivity contribution in [1.29, 1.82) is 0 Å². The molecule has 5 nitrogen and oxygen atoms in total. The second-order valence-corrected chi connectivity index (χ2v) is 8.33. The summed E-state index contributed by atoms with van der Waals surface area (Å²) in [4.78, 5) is 27.9. The predicted octanol–water partition coefficient (Wildman–Crippen LogP) is 3.60. The third-order valence-corrected chi connectivity index (χ3v) is 6.47. The van der Waals surface area contributed by atoms with E-state index in [0.29, 0.717) is 32.7 Å². The van der Waals surface area contributed by atoms with Crippen molar-refractivity contribution in [3.63, 3.8) is 0 Å². The Morgan fingerprint density at radius 2 is 1.67 bits per heavy atom.